The molecule has 0 unspecified atom stereocenters. The van der Waals surface area contributed by atoms with Gasteiger partial charge in [-0.05, 0) is 46.7 Å². The summed E-state index contributed by atoms with van der Waals surface area (Å²) in [6.45, 7) is 37.4. The zero-order chi connectivity index (χ0) is 22.3. The molecule has 0 atom stereocenters. The number of hydrogen-bond acceptors (Lipinski definition) is 2. The molecule has 0 aliphatic carbocycles. The molecule has 0 bridgehead atoms. The number of piperazine rings is 1. The first-order valence-electron chi connectivity index (χ1n) is 11.3. The van der Waals surface area contributed by atoms with Crippen molar-refractivity contribution < 1.29 is 0 Å². The number of rotatable bonds is 2. The molecule has 0 aromatic rings. The van der Waals surface area contributed by atoms with Crippen LogP contribution in [0.1, 0.15) is 96.9 Å². The van der Waals surface area contributed by atoms with Gasteiger partial charge in [0.2, 0.25) is 0 Å². The van der Waals surface area contributed by atoms with E-state index in [4.69, 9.17) is 0 Å². The Bertz CT molecular complexity index is 519. The summed E-state index contributed by atoms with van der Waals surface area (Å²) in [5, 5.41) is 0. The van der Waals surface area contributed by atoms with Crippen LogP contribution in [0.2, 0.25) is 0 Å². The molecule has 0 aromatic carbocycles. The average molecular weight is 391 g/mol. The number of hydrogen-bond donors (Lipinski definition) is 0. The lowest BCUT2D eigenvalue weighted by atomic mass is 9.69. The van der Waals surface area contributed by atoms with Gasteiger partial charge >= 0.3 is 0 Å². The summed E-state index contributed by atoms with van der Waals surface area (Å²) in [5.74, 6) is 0. The van der Waals surface area contributed by atoms with Gasteiger partial charge < -0.3 is 9.80 Å². The van der Waals surface area contributed by atoms with Crippen LogP contribution < -0.4 is 0 Å². The van der Waals surface area contributed by atoms with Crippen LogP contribution in [0, 0.1) is 21.7 Å². The summed E-state index contributed by atoms with van der Waals surface area (Å²) in [4.78, 5) is 5.32. The van der Waals surface area contributed by atoms with Gasteiger partial charge in [0.25, 0.3) is 0 Å². The van der Waals surface area contributed by atoms with Crippen LogP contribution in [-0.2, 0) is 0 Å². The molecule has 0 radical (unpaired) electrons. The van der Waals surface area contributed by atoms with Gasteiger partial charge in [-0.25, -0.2) is 0 Å². The Morgan fingerprint density at radius 1 is 0.536 bits per heavy atom. The van der Waals surface area contributed by atoms with Gasteiger partial charge in [-0.3, -0.25) is 0 Å². The molecule has 0 amide bonds. The molecule has 2 nitrogen and oxygen atoms in total. The van der Waals surface area contributed by atoms with Crippen molar-refractivity contribution in [1.29, 1.82) is 0 Å². The van der Waals surface area contributed by atoms with Gasteiger partial charge in [0, 0.05) is 24.5 Å². The highest BCUT2D eigenvalue weighted by Crippen LogP contribution is 2.46. The molecule has 1 aliphatic heterocycles. The molecule has 1 fully saturated rings. The lowest BCUT2D eigenvalue weighted by molar-refractivity contribution is 0.200. The van der Waals surface area contributed by atoms with Crippen LogP contribution in [0.25, 0.3) is 0 Å². The molecular weight excluding hydrogens is 340 g/mol. The minimum absolute atomic E-state index is 0.165. The molecule has 0 spiro atoms. The fourth-order valence-electron chi connectivity index (χ4n) is 5.81. The Morgan fingerprint density at radius 2 is 0.750 bits per heavy atom. The fourth-order valence-corrected chi connectivity index (χ4v) is 5.81. The van der Waals surface area contributed by atoms with Gasteiger partial charge in [-0.1, -0.05) is 83.1 Å². The van der Waals surface area contributed by atoms with Crippen molar-refractivity contribution in [2.75, 3.05) is 26.2 Å². The molecule has 164 valence electrons. The summed E-state index contributed by atoms with van der Waals surface area (Å²) < 4.78 is 0. The fraction of sp³-hybridized carbons (Fsp3) is 0.846. The highest BCUT2D eigenvalue weighted by atomic mass is 15.3. The summed E-state index contributed by atoms with van der Waals surface area (Å²) in [5.41, 5.74) is 6.97. The highest BCUT2D eigenvalue weighted by Gasteiger charge is 2.39. The van der Waals surface area contributed by atoms with Crippen molar-refractivity contribution in [2.24, 2.45) is 21.7 Å². The Hall–Kier alpha value is -0.920. The second-order valence-corrected chi connectivity index (χ2v) is 12.7. The zero-order valence-electron chi connectivity index (χ0n) is 21.7. The molecule has 28 heavy (non-hydrogen) atoms. The molecule has 1 rings (SSSR count). The first-order chi connectivity index (χ1) is 12.4. The lowest BCUT2D eigenvalue weighted by Crippen LogP contribution is -2.47. The van der Waals surface area contributed by atoms with Crippen LogP contribution in [0.4, 0.5) is 0 Å². The van der Waals surface area contributed by atoms with Crippen LogP contribution in [0.5, 0.6) is 0 Å². The SMILES string of the molecule is CCN1CC(=C(C(C)(C)C)C(C)(C)C)N(CC)CC1=C(C(C)(C)C)C(C)(C)C. The number of likely N-dealkylation sites (N-methyl/N-ethyl adjacent to an activating group) is 2. The maximum absolute atomic E-state index is 2.66. The van der Waals surface area contributed by atoms with Crippen molar-refractivity contribution in [2.45, 2.75) is 96.9 Å². The average Bonchev–Trinajstić information content (AvgIpc) is 2.42. The zero-order valence-corrected chi connectivity index (χ0v) is 21.7. The second kappa shape index (κ2) is 8.07. The van der Waals surface area contributed by atoms with Crippen molar-refractivity contribution in [3.63, 3.8) is 0 Å². The van der Waals surface area contributed by atoms with Crippen LogP contribution >= 0.6 is 0 Å². The van der Waals surface area contributed by atoms with E-state index >= 15 is 0 Å². The monoisotopic (exact) mass is 390 g/mol. The third kappa shape index (κ3) is 5.57. The molecule has 2 heteroatoms. The maximum atomic E-state index is 2.66. The van der Waals surface area contributed by atoms with E-state index in [0.717, 1.165) is 26.2 Å². The molecular formula is C26H50N2. The highest BCUT2D eigenvalue weighted by molar-refractivity contribution is 5.34. The molecule has 1 aliphatic rings. The van der Waals surface area contributed by atoms with Crippen LogP contribution in [-0.4, -0.2) is 36.0 Å². The van der Waals surface area contributed by atoms with E-state index in [9.17, 15) is 0 Å². The van der Waals surface area contributed by atoms with E-state index in [2.05, 4.69) is 107 Å². The van der Waals surface area contributed by atoms with Crippen LogP contribution in [0.15, 0.2) is 22.5 Å². The standard InChI is InChI=1S/C26H50N2/c1-15-27-17-20(22(25(9,10)11)26(12,13)14)28(16-2)18-19(27)21(23(3,4)5)24(6,7)8/h15-18H2,1-14H3. The second-order valence-electron chi connectivity index (χ2n) is 12.7. The van der Waals surface area contributed by atoms with E-state index < -0.39 is 0 Å². The van der Waals surface area contributed by atoms with Crippen molar-refractivity contribution in [3.05, 3.63) is 22.5 Å². The minimum Gasteiger partial charge on any atom is -0.368 e. The normalized spacial score (nSPS) is 17.4. The third-order valence-electron chi connectivity index (χ3n) is 5.79. The first-order valence-corrected chi connectivity index (χ1v) is 11.3. The molecule has 1 saturated heterocycles. The first kappa shape index (κ1) is 25.1. The Balaban J connectivity index is 3.77. The van der Waals surface area contributed by atoms with Gasteiger partial charge in [0.15, 0.2) is 0 Å². The number of nitrogens with zero attached hydrogens (tertiary/aromatic N) is 2. The topological polar surface area (TPSA) is 6.48 Å². The van der Waals surface area contributed by atoms with Gasteiger partial charge in [-0.2, -0.15) is 0 Å². The molecule has 1 heterocycles. The summed E-state index contributed by atoms with van der Waals surface area (Å²) in [6, 6.07) is 0. The summed E-state index contributed by atoms with van der Waals surface area (Å²) in [6.07, 6.45) is 0. The molecule has 0 saturated carbocycles. The van der Waals surface area contributed by atoms with E-state index in [1.165, 1.54) is 0 Å². The summed E-state index contributed by atoms with van der Waals surface area (Å²) >= 11 is 0. The van der Waals surface area contributed by atoms with Gasteiger partial charge in [0.05, 0.1) is 13.1 Å². The van der Waals surface area contributed by atoms with Gasteiger partial charge in [-0.15, -0.1) is 0 Å². The largest absolute Gasteiger partial charge is 0.368 e. The van der Waals surface area contributed by atoms with E-state index in [-0.39, 0.29) is 21.7 Å². The smallest absolute Gasteiger partial charge is 0.0576 e. The lowest BCUT2D eigenvalue weighted by Gasteiger charge is -2.49. The quantitative estimate of drug-likeness (QED) is 0.487. The third-order valence-corrected chi connectivity index (χ3v) is 5.79. The van der Waals surface area contributed by atoms with Gasteiger partial charge in [0.1, 0.15) is 0 Å². The maximum Gasteiger partial charge on any atom is 0.0576 e. The predicted octanol–water partition coefficient (Wildman–Crippen LogP) is 7.34. The minimum atomic E-state index is 0.165. The molecule has 0 N–H and O–H groups in total. The predicted molar refractivity (Wildman–Crippen MR) is 126 cm³/mol. The van der Waals surface area contributed by atoms with Crippen molar-refractivity contribution in [3.8, 4) is 0 Å². The van der Waals surface area contributed by atoms with Crippen molar-refractivity contribution >= 4 is 0 Å². The van der Waals surface area contributed by atoms with Crippen molar-refractivity contribution in [1.82, 2.24) is 9.80 Å². The summed E-state index contributed by atoms with van der Waals surface area (Å²) in [7, 11) is 0. The van der Waals surface area contributed by atoms with Crippen LogP contribution in [0.3, 0.4) is 0 Å². The Morgan fingerprint density at radius 3 is 0.893 bits per heavy atom. The van der Waals surface area contributed by atoms with E-state index in [0.29, 0.717) is 0 Å². The Kier molecular flexibility index (Phi) is 7.24. The van der Waals surface area contributed by atoms with E-state index in [1.54, 1.807) is 22.5 Å². The molecule has 0 aromatic heterocycles. The Labute approximate surface area is 177 Å². The van der Waals surface area contributed by atoms with E-state index in [1.807, 2.05) is 0 Å². The number of allylic oxidation sites excluding steroid dienone is 2.